The van der Waals surface area contributed by atoms with Crippen LogP contribution in [-0.4, -0.2) is 52.3 Å². The highest BCUT2D eigenvalue weighted by atomic mass is 16.4. The number of nitrogens with one attached hydrogen (secondary N) is 1. The zero-order valence-electron chi connectivity index (χ0n) is 11.6. The van der Waals surface area contributed by atoms with Crippen LogP contribution in [0.2, 0.25) is 0 Å². The van der Waals surface area contributed by atoms with E-state index in [0.29, 0.717) is 13.0 Å². The summed E-state index contributed by atoms with van der Waals surface area (Å²) in [7, 11) is 0. The Balaban J connectivity index is 2.66. The zero-order chi connectivity index (χ0) is 14.4. The summed E-state index contributed by atoms with van der Waals surface area (Å²) in [5, 5.41) is 20.7. The number of rotatable bonds is 5. The highest BCUT2D eigenvalue weighted by molar-refractivity contribution is 5.83. The Kier molecular flexibility index (Phi) is 6.08. The van der Waals surface area contributed by atoms with Crippen LogP contribution in [0.4, 0.5) is 4.79 Å². The van der Waals surface area contributed by atoms with Crippen LogP contribution in [0, 0.1) is 5.92 Å². The maximum absolute atomic E-state index is 12.2. The first kappa shape index (κ1) is 15.8. The van der Waals surface area contributed by atoms with E-state index in [1.54, 1.807) is 18.7 Å². The number of carbonyl (C=O) groups excluding carboxylic acids is 1. The Morgan fingerprint density at radius 2 is 2.05 bits per heavy atom. The van der Waals surface area contributed by atoms with E-state index in [-0.39, 0.29) is 24.6 Å². The molecular weight excluding hydrogens is 248 g/mol. The first-order chi connectivity index (χ1) is 8.97. The number of hydrogen-bond acceptors (Lipinski definition) is 3. The maximum Gasteiger partial charge on any atom is 0.326 e. The molecule has 0 radical (unpaired) electrons. The van der Waals surface area contributed by atoms with E-state index in [0.717, 1.165) is 19.3 Å². The van der Waals surface area contributed by atoms with Gasteiger partial charge >= 0.3 is 12.0 Å². The largest absolute Gasteiger partial charge is 0.480 e. The SMILES string of the molecule is CC(C)C(NC(=O)N1CCCCC1CCO)C(=O)O. The highest BCUT2D eigenvalue weighted by Gasteiger charge is 2.30. The average Bonchev–Trinajstić information content (AvgIpc) is 2.36. The predicted molar refractivity (Wildman–Crippen MR) is 70.8 cm³/mol. The summed E-state index contributed by atoms with van der Waals surface area (Å²) in [6, 6.07) is -1.19. The summed E-state index contributed by atoms with van der Waals surface area (Å²) in [4.78, 5) is 24.9. The fourth-order valence-corrected chi connectivity index (χ4v) is 2.45. The van der Waals surface area contributed by atoms with Gasteiger partial charge in [0, 0.05) is 19.2 Å². The zero-order valence-corrected chi connectivity index (χ0v) is 11.6. The Morgan fingerprint density at radius 3 is 2.58 bits per heavy atom. The third kappa shape index (κ3) is 4.38. The van der Waals surface area contributed by atoms with E-state index in [9.17, 15) is 9.59 Å². The van der Waals surface area contributed by atoms with Crippen LogP contribution in [0.3, 0.4) is 0 Å². The van der Waals surface area contributed by atoms with Gasteiger partial charge in [-0.05, 0) is 31.6 Å². The van der Waals surface area contributed by atoms with Crippen molar-refractivity contribution in [3.8, 4) is 0 Å². The molecule has 0 bridgehead atoms. The molecule has 1 aliphatic heterocycles. The van der Waals surface area contributed by atoms with E-state index >= 15 is 0 Å². The summed E-state index contributed by atoms with van der Waals surface area (Å²) in [5.74, 6) is -1.18. The molecule has 1 fully saturated rings. The normalized spacial score (nSPS) is 21.3. The molecule has 19 heavy (non-hydrogen) atoms. The van der Waals surface area contributed by atoms with E-state index in [1.807, 2.05) is 0 Å². The molecule has 110 valence electrons. The van der Waals surface area contributed by atoms with Crippen LogP contribution in [-0.2, 0) is 4.79 Å². The molecule has 0 aromatic carbocycles. The van der Waals surface area contributed by atoms with Crippen molar-refractivity contribution in [2.75, 3.05) is 13.2 Å². The molecule has 2 atom stereocenters. The first-order valence-electron chi connectivity index (χ1n) is 6.88. The number of hydrogen-bond donors (Lipinski definition) is 3. The van der Waals surface area contributed by atoms with Crippen molar-refractivity contribution >= 4 is 12.0 Å². The second-order valence-electron chi connectivity index (χ2n) is 5.36. The van der Waals surface area contributed by atoms with Crippen LogP contribution >= 0.6 is 0 Å². The molecule has 0 aliphatic carbocycles. The number of carboxylic acids is 1. The summed E-state index contributed by atoms with van der Waals surface area (Å²) in [6.07, 6.45) is 3.38. The molecule has 1 saturated heterocycles. The highest BCUT2D eigenvalue weighted by Crippen LogP contribution is 2.19. The van der Waals surface area contributed by atoms with Crippen molar-refractivity contribution in [2.24, 2.45) is 5.92 Å². The molecule has 0 aromatic heterocycles. The number of aliphatic carboxylic acids is 1. The molecule has 6 heteroatoms. The lowest BCUT2D eigenvalue weighted by Gasteiger charge is -2.36. The van der Waals surface area contributed by atoms with Crippen LogP contribution < -0.4 is 5.32 Å². The fourth-order valence-electron chi connectivity index (χ4n) is 2.45. The monoisotopic (exact) mass is 272 g/mol. The standard InChI is InChI=1S/C13H24N2O4/c1-9(2)11(12(17)18)14-13(19)15-7-4-3-5-10(15)6-8-16/h9-11,16H,3-8H2,1-2H3,(H,14,19)(H,17,18). The van der Waals surface area contributed by atoms with Crippen molar-refractivity contribution in [3.63, 3.8) is 0 Å². The smallest absolute Gasteiger partial charge is 0.326 e. The van der Waals surface area contributed by atoms with Crippen molar-refractivity contribution in [3.05, 3.63) is 0 Å². The lowest BCUT2D eigenvalue weighted by molar-refractivity contribution is -0.140. The molecule has 1 aliphatic rings. The van der Waals surface area contributed by atoms with E-state index < -0.39 is 12.0 Å². The van der Waals surface area contributed by atoms with Crippen molar-refractivity contribution in [1.82, 2.24) is 10.2 Å². The minimum absolute atomic E-state index is 0.0142. The Hall–Kier alpha value is -1.30. The van der Waals surface area contributed by atoms with Gasteiger partial charge in [0.25, 0.3) is 0 Å². The molecule has 0 aromatic rings. The number of likely N-dealkylation sites (tertiary alicyclic amines) is 1. The molecule has 1 rings (SSSR count). The number of aliphatic hydroxyl groups is 1. The van der Waals surface area contributed by atoms with Gasteiger partial charge in [-0.25, -0.2) is 9.59 Å². The lowest BCUT2D eigenvalue weighted by atomic mass is 10.00. The number of carboxylic acid groups (broad SMARTS) is 1. The molecule has 6 nitrogen and oxygen atoms in total. The van der Waals surface area contributed by atoms with Gasteiger partial charge < -0.3 is 20.4 Å². The summed E-state index contributed by atoms with van der Waals surface area (Å²) >= 11 is 0. The minimum Gasteiger partial charge on any atom is -0.480 e. The Labute approximate surface area is 113 Å². The van der Waals surface area contributed by atoms with Crippen molar-refractivity contribution in [2.45, 2.75) is 51.6 Å². The van der Waals surface area contributed by atoms with Gasteiger partial charge in [0.15, 0.2) is 0 Å². The fraction of sp³-hybridized carbons (Fsp3) is 0.846. The maximum atomic E-state index is 12.2. The predicted octanol–water partition coefficient (Wildman–Crippen LogP) is 1.04. The van der Waals surface area contributed by atoms with Crippen molar-refractivity contribution < 1.29 is 19.8 Å². The third-order valence-electron chi connectivity index (χ3n) is 3.56. The minimum atomic E-state index is -1.01. The Bertz CT molecular complexity index is 318. The number of piperidine rings is 1. The van der Waals surface area contributed by atoms with E-state index in [2.05, 4.69) is 5.32 Å². The molecule has 1 heterocycles. The Morgan fingerprint density at radius 1 is 1.37 bits per heavy atom. The number of amides is 2. The molecule has 2 unspecified atom stereocenters. The van der Waals surface area contributed by atoms with Gasteiger partial charge in [0.05, 0.1) is 0 Å². The van der Waals surface area contributed by atoms with Crippen LogP contribution in [0.15, 0.2) is 0 Å². The van der Waals surface area contributed by atoms with Crippen LogP contribution in [0.1, 0.15) is 39.5 Å². The number of carbonyl (C=O) groups is 2. The van der Waals surface area contributed by atoms with Gasteiger partial charge in [-0.3, -0.25) is 0 Å². The summed E-state index contributed by atoms with van der Waals surface area (Å²) < 4.78 is 0. The quantitative estimate of drug-likeness (QED) is 0.697. The third-order valence-corrected chi connectivity index (χ3v) is 3.56. The number of aliphatic hydroxyl groups excluding tert-OH is 1. The van der Waals surface area contributed by atoms with Gasteiger partial charge in [-0.2, -0.15) is 0 Å². The second kappa shape index (κ2) is 7.33. The topological polar surface area (TPSA) is 89.9 Å². The lowest BCUT2D eigenvalue weighted by Crippen LogP contribution is -2.54. The van der Waals surface area contributed by atoms with Gasteiger partial charge in [-0.1, -0.05) is 13.8 Å². The van der Waals surface area contributed by atoms with Gasteiger partial charge in [0.1, 0.15) is 6.04 Å². The van der Waals surface area contributed by atoms with Crippen LogP contribution in [0.5, 0.6) is 0 Å². The molecule has 0 spiro atoms. The second-order valence-corrected chi connectivity index (χ2v) is 5.36. The van der Waals surface area contributed by atoms with Gasteiger partial charge in [-0.15, -0.1) is 0 Å². The summed E-state index contributed by atoms with van der Waals surface area (Å²) in [5.41, 5.74) is 0. The first-order valence-corrected chi connectivity index (χ1v) is 6.88. The van der Waals surface area contributed by atoms with Gasteiger partial charge in [0.2, 0.25) is 0 Å². The molecular formula is C13H24N2O4. The van der Waals surface area contributed by atoms with E-state index in [4.69, 9.17) is 10.2 Å². The summed E-state index contributed by atoms with van der Waals surface area (Å²) in [6.45, 7) is 4.20. The van der Waals surface area contributed by atoms with E-state index in [1.165, 1.54) is 0 Å². The number of urea groups is 1. The van der Waals surface area contributed by atoms with Crippen molar-refractivity contribution in [1.29, 1.82) is 0 Å². The molecule has 0 saturated carbocycles. The molecule has 2 amide bonds. The molecule has 3 N–H and O–H groups in total. The average molecular weight is 272 g/mol. The van der Waals surface area contributed by atoms with Crippen LogP contribution in [0.25, 0.3) is 0 Å². The number of nitrogens with zero attached hydrogens (tertiary/aromatic N) is 1.